The van der Waals surface area contributed by atoms with Gasteiger partial charge in [-0.1, -0.05) is 37.5 Å². The fourth-order valence-corrected chi connectivity index (χ4v) is 6.14. The van der Waals surface area contributed by atoms with E-state index < -0.39 is 0 Å². The predicted octanol–water partition coefficient (Wildman–Crippen LogP) is 6.99. The molecular formula is C34H32N6O. The Bertz CT molecular complexity index is 1750. The maximum absolute atomic E-state index is 12.9. The number of aromatic nitrogens is 4. The van der Waals surface area contributed by atoms with Gasteiger partial charge in [-0.25, -0.2) is 0 Å². The molecule has 2 aliphatic rings. The molecule has 7 rings (SSSR count). The number of fused-ring (bicyclic) bond motifs is 2. The average molecular weight is 541 g/mol. The summed E-state index contributed by atoms with van der Waals surface area (Å²) >= 11 is 0. The summed E-state index contributed by atoms with van der Waals surface area (Å²) in [5.74, 6) is 0.193. The fraction of sp³-hybridized carbons (Fsp3) is 0.265. The van der Waals surface area contributed by atoms with Crippen LogP contribution in [0.2, 0.25) is 0 Å². The van der Waals surface area contributed by atoms with Gasteiger partial charge in [-0.15, -0.1) is 0 Å². The van der Waals surface area contributed by atoms with Gasteiger partial charge in [-0.3, -0.25) is 24.7 Å². The van der Waals surface area contributed by atoms with E-state index in [1.165, 1.54) is 6.42 Å². The van der Waals surface area contributed by atoms with Gasteiger partial charge in [0.2, 0.25) is 5.91 Å². The highest BCUT2D eigenvalue weighted by atomic mass is 16.1. The number of aromatic amines is 1. The van der Waals surface area contributed by atoms with Gasteiger partial charge in [-0.2, -0.15) is 0 Å². The van der Waals surface area contributed by atoms with Crippen LogP contribution in [0.1, 0.15) is 55.5 Å². The zero-order chi connectivity index (χ0) is 27.6. The van der Waals surface area contributed by atoms with E-state index in [2.05, 4.69) is 56.7 Å². The van der Waals surface area contributed by atoms with Crippen molar-refractivity contribution >= 4 is 28.2 Å². The Kier molecular flexibility index (Phi) is 6.85. The molecule has 4 aromatic heterocycles. The largest absolute Gasteiger partial charge is 0.353 e. The predicted molar refractivity (Wildman–Crippen MR) is 163 cm³/mol. The van der Waals surface area contributed by atoms with Crippen molar-refractivity contribution in [2.45, 2.75) is 44.9 Å². The van der Waals surface area contributed by atoms with Gasteiger partial charge in [0.15, 0.2) is 0 Å². The van der Waals surface area contributed by atoms with Crippen LogP contribution in [0.15, 0.2) is 84.5 Å². The summed E-state index contributed by atoms with van der Waals surface area (Å²) < 4.78 is 0. The van der Waals surface area contributed by atoms with Gasteiger partial charge in [0.1, 0.15) is 0 Å². The Morgan fingerprint density at radius 3 is 2.59 bits per heavy atom. The van der Waals surface area contributed by atoms with Crippen LogP contribution in [0.5, 0.6) is 0 Å². The first-order valence-corrected chi connectivity index (χ1v) is 14.6. The Balaban J connectivity index is 1.23. The summed E-state index contributed by atoms with van der Waals surface area (Å²) in [4.78, 5) is 35.2. The summed E-state index contributed by atoms with van der Waals surface area (Å²) in [6.07, 6.45) is 16.4. The van der Waals surface area contributed by atoms with Crippen LogP contribution < -0.4 is 5.32 Å². The van der Waals surface area contributed by atoms with Crippen LogP contribution in [0.3, 0.4) is 0 Å². The number of anilines is 1. The molecule has 41 heavy (non-hydrogen) atoms. The highest BCUT2D eigenvalue weighted by Crippen LogP contribution is 2.32. The van der Waals surface area contributed by atoms with Crippen LogP contribution in [-0.2, 0) is 11.2 Å². The van der Waals surface area contributed by atoms with Gasteiger partial charge >= 0.3 is 0 Å². The standard InChI is InChI=1S/C34H32N6O/c41-34(22-7-2-1-3-8-22)39-26-15-24(19-36-21-26)25-16-29-30(38-20-25)12-6-14-37-33(29)32-17-28-27(10-4-11-31(28)40-32)23-9-5-13-35-18-23/h4-5,9-11,13,15-22,40H,1-3,6-8,12,14H2,(H,39,41). The van der Waals surface area contributed by atoms with Crippen molar-refractivity contribution in [3.05, 3.63) is 96.5 Å². The number of nitrogens with one attached hydrogen (secondary N) is 2. The maximum Gasteiger partial charge on any atom is 0.227 e. The number of carbonyl (C=O) groups is 1. The number of aryl methyl sites for hydroxylation is 1. The number of hydrogen-bond acceptors (Lipinski definition) is 5. The molecule has 1 aromatic carbocycles. The Hall–Kier alpha value is -4.65. The van der Waals surface area contributed by atoms with Crippen molar-refractivity contribution in [2.75, 3.05) is 11.9 Å². The molecule has 0 spiro atoms. The van der Waals surface area contributed by atoms with E-state index in [4.69, 9.17) is 9.98 Å². The molecule has 1 saturated carbocycles. The van der Waals surface area contributed by atoms with E-state index in [0.717, 1.165) is 107 Å². The summed E-state index contributed by atoms with van der Waals surface area (Å²) in [7, 11) is 0. The summed E-state index contributed by atoms with van der Waals surface area (Å²) in [5.41, 5.74) is 9.85. The average Bonchev–Trinajstić information content (AvgIpc) is 3.35. The molecular weight excluding hydrogens is 508 g/mol. The number of aliphatic imine (C=N–C) groups is 1. The van der Waals surface area contributed by atoms with Crippen molar-refractivity contribution in [2.24, 2.45) is 10.9 Å². The lowest BCUT2D eigenvalue weighted by molar-refractivity contribution is -0.120. The number of pyridine rings is 3. The van der Waals surface area contributed by atoms with Gasteiger partial charge in [0.25, 0.3) is 0 Å². The van der Waals surface area contributed by atoms with Gasteiger partial charge in [0.05, 0.1) is 23.3 Å². The Morgan fingerprint density at radius 1 is 0.829 bits per heavy atom. The van der Waals surface area contributed by atoms with E-state index in [9.17, 15) is 4.79 Å². The molecule has 5 aromatic rings. The van der Waals surface area contributed by atoms with E-state index in [1.807, 2.05) is 30.7 Å². The summed E-state index contributed by atoms with van der Waals surface area (Å²) in [6.45, 7) is 0.746. The molecule has 0 atom stereocenters. The van der Waals surface area contributed by atoms with Crippen molar-refractivity contribution in [1.82, 2.24) is 19.9 Å². The molecule has 7 nitrogen and oxygen atoms in total. The summed E-state index contributed by atoms with van der Waals surface area (Å²) in [6, 6.07) is 16.7. The molecule has 0 saturated heterocycles. The zero-order valence-electron chi connectivity index (χ0n) is 22.9. The van der Waals surface area contributed by atoms with Crippen LogP contribution in [0.4, 0.5) is 5.69 Å². The molecule has 5 heterocycles. The number of benzene rings is 1. The number of H-pyrrole nitrogens is 1. The minimum Gasteiger partial charge on any atom is -0.353 e. The van der Waals surface area contributed by atoms with Gasteiger partial charge in [-0.05, 0) is 61.6 Å². The third kappa shape index (κ3) is 5.15. The molecule has 7 heteroatoms. The molecule has 1 aliphatic heterocycles. The lowest BCUT2D eigenvalue weighted by Gasteiger charge is -2.20. The van der Waals surface area contributed by atoms with Gasteiger partial charge in [0, 0.05) is 76.1 Å². The second-order valence-electron chi connectivity index (χ2n) is 11.0. The van der Waals surface area contributed by atoms with E-state index in [1.54, 1.807) is 12.4 Å². The molecule has 0 unspecified atom stereocenters. The van der Waals surface area contributed by atoms with Crippen molar-refractivity contribution < 1.29 is 4.79 Å². The van der Waals surface area contributed by atoms with Gasteiger partial charge < -0.3 is 10.3 Å². The normalized spacial score (nSPS) is 15.7. The topological polar surface area (TPSA) is 95.9 Å². The van der Waals surface area contributed by atoms with Crippen molar-refractivity contribution in [3.8, 4) is 22.3 Å². The first kappa shape index (κ1) is 25.3. The molecule has 0 radical (unpaired) electrons. The van der Waals surface area contributed by atoms with Crippen LogP contribution in [-0.4, -0.2) is 38.1 Å². The number of nitrogens with zero attached hydrogens (tertiary/aromatic N) is 4. The first-order valence-electron chi connectivity index (χ1n) is 14.6. The quantitative estimate of drug-likeness (QED) is 0.251. The number of hydrogen-bond donors (Lipinski definition) is 2. The molecule has 1 fully saturated rings. The third-order valence-electron chi connectivity index (χ3n) is 8.27. The second kappa shape index (κ2) is 11.1. The highest BCUT2D eigenvalue weighted by Gasteiger charge is 2.22. The lowest BCUT2D eigenvalue weighted by Crippen LogP contribution is -2.24. The van der Waals surface area contributed by atoms with Crippen molar-refractivity contribution in [3.63, 3.8) is 0 Å². The molecule has 0 bridgehead atoms. The first-order chi connectivity index (χ1) is 20.2. The minimum atomic E-state index is 0.0929. The highest BCUT2D eigenvalue weighted by molar-refractivity contribution is 6.15. The summed E-state index contributed by atoms with van der Waals surface area (Å²) in [5, 5.41) is 4.25. The van der Waals surface area contributed by atoms with Crippen molar-refractivity contribution in [1.29, 1.82) is 0 Å². The van der Waals surface area contributed by atoms with E-state index in [-0.39, 0.29) is 11.8 Å². The molecule has 204 valence electrons. The number of rotatable bonds is 5. The smallest absolute Gasteiger partial charge is 0.227 e. The SMILES string of the molecule is O=C(Nc1cncc(-c2cnc3c(c2)C(c2cc4c(-c5cccnc5)cccc4[nH]2)=NCCC3)c1)C1CCCCC1. The van der Waals surface area contributed by atoms with Crippen LogP contribution in [0, 0.1) is 5.92 Å². The lowest BCUT2D eigenvalue weighted by atomic mass is 9.88. The maximum atomic E-state index is 12.9. The Morgan fingerprint density at radius 2 is 1.71 bits per heavy atom. The van der Waals surface area contributed by atoms with Crippen LogP contribution in [0.25, 0.3) is 33.2 Å². The monoisotopic (exact) mass is 540 g/mol. The fourth-order valence-electron chi connectivity index (χ4n) is 6.14. The third-order valence-corrected chi connectivity index (χ3v) is 8.27. The molecule has 1 aliphatic carbocycles. The molecule has 1 amide bonds. The number of carbonyl (C=O) groups excluding carboxylic acids is 1. The van der Waals surface area contributed by atoms with E-state index >= 15 is 0 Å². The van der Waals surface area contributed by atoms with E-state index in [0.29, 0.717) is 0 Å². The number of amides is 1. The van der Waals surface area contributed by atoms with Crippen LogP contribution >= 0.6 is 0 Å². The second-order valence-corrected chi connectivity index (χ2v) is 11.0. The zero-order valence-corrected chi connectivity index (χ0v) is 22.9. The molecule has 2 N–H and O–H groups in total. The minimum absolute atomic E-state index is 0.0929. The Labute approximate surface area is 239 Å².